The monoisotopic (exact) mass is 245 g/mol. The van der Waals surface area contributed by atoms with Crippen LogP contribution in [0.4, 0.5) is 0 Å². The zero-order valence-electron chi connectivity index (χ0n) is 11.5. The van der Waals surface area contributed by atoms with Crippen LogP contribution in [0.2, 0.25) is 0 Å². The van der Waals surface area contributed by atoms with Crippen molar-refractivity contribution in [3.63, 3.8) is 0 Å². The van der Waals surface area contributed by atoms with E-state index in [2.05, 4.69) is 30.1 Å². The van der Waals surface area contributed by atoms with E-state index in [1.807, 2.05) is 0 Å². The van der Waals surface area contributed by atoms with Crippen LogP contribution in [0.25, 0.3) is 0 Å². The molecule has 0 saturated carbocycles. The Kier molecular flexibility index (Phi) is 3.29. The van der Waals surface area contributed by atoms with Gasteiger partial charge in [-0.3, -0.25) is 0 Å². The highest BCUT2D eigenvalue weighted by molar-refractivity contribution is 5.46. The number of ether oxygens (including phenoxy) is 1. The molecule has 0 aromatic heterocycles. The predicted octanol–water partition coefficient (Wildman–Crippen LogP) is 3.07. The third-order valence-electron chi connectivity index (χ3n) is 4.80. The third kappa shape index (κ3) is 2.03. The van der Waals surface area contributed by atoms with Crippen LogP contribution in [-0.4, -0.2) is 32.1 Å². The van der Waals surface area contributed by atoms with Crippen molar-refractivity contribution in [3.8, 4) is 5.75 Å². The van der Waals surface area contributed by atoms with Gasteiger partial charge in [0.05, 0.1) is 7.11 Å². The molecule has 1 aliphatic carbocycles. The van der Waals surface area contributed by atoms with Gasteiger partial charge in [-0.25, -0.2) is 0 Å². The molecule has 1 aromatic rings. The maximum atomic E-state index is 5.59. The lowest BCUT2D eigenvalue weighted by Crippen LogP contribution is -2.32. The quantitative estimate of drug-likeness (QED) is 0.794. The highest BCUT2D eigenvalue weighted by Crippen LogP contribution is 2.46. The van der Waals surface area contributed by atoms with Gasteiger partial charge in [-0.1, -0.05) is 12.1 Å². The topological polar surface area (TPSA) is 12.5 Å². The summed E-state index contributed by atoms with van der Waals surface area (Å²) in [6.45, 7) is 2.51. The fourth-order valence-corrected chi connectivity index (χ4v) is 3.76. The molecule has 1 aliphatic heterocycles. The molecule has 1 atom stereocenters. The summed E-state index contributed by atoms with van der Waals surface area (Å²) in [5.74, 6) is 2.72. The standard InChI is InChI=1S/C16H23NO/c1-17-10-8-12(9-11-17)14-7-6-13-4-3-5-15(18-2)16(13)14/h3-5,12,14H,6-11H2,1-2H3. The first-order chi connectivity index (χ1) is 8.79. The van der Waals surface area contributed by atoms with E-state index in [0.29, 0.717) is 0 Å². The Labute approximate surface area is 110 Å². The Morgan fingerprint density at radius 3 is 2.67 bits per heavy atom. The molecule has 1 heterocycles. The summed E-state index contributed by atoms with van der Waals surface area (Å²) < 4.78 is 5.59. The Balaban J connectivity index is 1.85. The highest BCUT2D eigenvalue weighted by atomic mass is 16.5. The van der Waals surface area contributed by atoms with Crippen LogP contribution in [0.1, 0.15) is 36.3 Å². The molecule has 0 spiro atoms. The van der Waals surface area contributed by atoms with Gasteiger partial charge >= 0.3 is 0 Å². The Morgan fingerprint density at radius 2 is 1.94 bits per heavy atom. The van der Waals surface area contributed by atoms with Crippen LogP contribution >= 0.6 is 0 Å². The highest BCUT2D eigenvalue weighted by Gasteiger charge is 2.33. The van der Waals surface area contributed by atoms with Crippen LogP contribution in [0, 0.1) is 5.92 Å². The first-order valence-electron chi connectivity index (χ1n) is 7.14. The first kappa shape index (κ1) is 12.0. The van der Waals surface area contributed by atoms with E-state index in [-0.39, 0.29) is 0 Å². The lowest BCUT2D eigenvalue weighted by atomic mass is 9.80. The van der Waals surface area contributed by atoms with E-state index in [0.717, 1.165) is 17.6 Å². The molecule has 1 fully saturated rings. The SMILES string of the molecule is COc1cccc2c1C(C1CCN(C)CC1)CC2. The van der Waals surface area contributed by atoms with Crippen LogP contribution < -0.4 is 4.74 Å². The number of hydrogen-bond donors (Lipinski definition) is 0. The number of hydrogen-bond acceptors (Lipinski definition) is 2. The van der Waals surface area contributed by atoms with E-state index >= 15 is 0 Å². The Hall–Kier alpha value is -1.02. The van der Waals surface area contributed by atoms with Crippen LogP contribution in [0.15, 0.2) is 18.2 Å². The van der Waals surface area contributed by atoms with E-state index in [4.69, 9.17) is 4.74 Å². The minimum atomic E-state index is 0.741. The molecule has 0 radical (unpaired) electrons. The average Bonchev–Trinajstić information content (AvgIpc) is 2.83. The molecule has 2 aliphatic rings. The summed E-state index contributed by atoms with van der Waals surface area (Å²) in [7, 11) is 4.04. The number of rotatable bonds is 2. The molecule has 1 saturated heterocycles. The van der Waals surface area contributed by atoms with Crippen LogP contribution in [0.3, 0.4) is 0 Å². The molecule has 0 bridgehead atoms. The van der Waals surface area contributed by atoms with Gasteiger partial charge in [-0.05, 0) is 69.3 Å². The lowest BCUT2D eigenvalue weighted by Gasteiger charge is -2.33. The van der Waals surface area contributed by atoms with Gasteiger partial charge in [0.15, 0.2) is 0 Å². The number of nitrogens with zero attached hydrogens (tertiary/aromatic N) is 1. The summed E-state index contributed by atoms with van der Waals surface area (Å²) in [4.78, 5) is 2.45. The molecule has 0 amide bonds. The second-order valence-electron chi connectivity index (χ2n) is 5.82. The predicted molar refractivity (Wildman–Crippen MR) is 74.3 cm³/mol. The van der Waals surface area contributed by atoms with Crippen LogP contribution in [0.5, 0.6) is 5.75 Å². The van der Waals surface area contributed by atoms with Gasteiger partial charge < -0.3 is 9.64 Å². The van der Waals surface area contributed by atoms with Gasteiger partial charge in [0, 0.05) is 5.56 Å². The van der Waals surface area contributed by atoms with Gasteiger partial charge in [-0.2, -0.15) is 0 Å². The number of benzene rings is 1. The van der Waals surface area contributed by atoms with Crippen molar-refractivity contribution < 1.29 is 4.74 Å². The average molecular weight is 245 g/mol. The Bertz CT molecular complexity index is 421. The number of fused-ring (bicyclic) bond motifs is 1. The molecule has 3 rings (SSSR count). The smallest absolute Gasteiger partial charge is 0.122 e. The van der Waals surface area contributed by atoms with E-state index < -0.39 is 0 Å². The minimum Gasteiger partial charge on any atom is -0.496 e. The molecular formula is C16H23NO. The maximum Gasteiger partial charge on any atom is 0.122 e. The second kappa shape index (κ2) is 4.93. The maximum absolute atomic E-state index is 5.59. The Morgan fingerprint density at radius 1 is 1.17 bits per heavy atom. The number of aryl methyl sites for hydroxylation is 1. The third-order valence-corrected chi connectivity index (χ3v) is 4.80. The lowest BCUT2D eigenvalue weighted by molar-refractivity contribution is 0.196. The largest absolute Gasteiger partial charge is 0.496 e. The van der Waals surface area contributed by atoms with Gasteiger partial charge in [0.2, 0.25) is 0 Å². The van der Waals surface area contributed by atoms with Crippen molar-refractivity contribution in [2.45, 2.75) is 31.6 Å². The molecule has 0 N–H and O–H groups in total. The molecule has 1 aromatic carbocycles. The van der Waals surface area contributed by atoms with E-state index in [9.17, 15) is 0 Å². The summed E-state index contributed by atoms with van der Waals surface area (Å²) in [6.07, 6.45) is 5.25. The van der Waals surface area contributed by atoms with Crippen molar-refractivity contribution in [2.75, 3.05) is 27.2 Å². The second-order valence-corrected chi connectivity index (χ2v) is 5.82. The van der Waals surface area contributed by atoms with Crippen molar-refractivity contribution >= 4 is 0 Å². The van der Waals surface area contributed by atoms with Crippen molar-refractivity contribution in [3.05, 3.63) is 29.3 Å². The summed E-state index contributed by atoms with van der Waals surface area (Å²) >= 11 is 0. The molecule has 1 unspecified atom stereocenters. The normalized spacial score (nSPS) is 25.1. The molecular weight excluding hydrogens is 222 g/mol. The number of likely N-dealkylation sites (tertiary alicyclic amines) is 1. The summed E-state index contributed by atoms with van der Waals surface area (Å²) in [5, 5.41) is 0. The van der Waals surface area contributed by atoms with Crippen molar-refractivity contribution in [1.29, 1.82) is 0 Å². The summed E-state index contributed by atoms with van der Waals surface area (Å²) in [5.41, 5.74) is 3.05. The fourth-order valence-electron chi connectivity index (χ4n) is 3.76. The molecule has 2 heteroatoms. The zero-order valence-corrected chi connectivity index (χ0v) is 11.5. The first-order valence-corrected chi connectivity index (χ1v) is 7.14. The van der Waals surface area contributed by atoms with Gasteiger partial charge in [-0.15, -0.1) is 0 Å². The number of piperidine rings is 1. The van der Waals surface area contributed by atoms with E-state index in [1.54, 1.807) is 7.11 Å². The van der Waals surface area contributed by atoms with Crippen molar-refractivity contribution in [2.24, 2.45) is 5.92 Å². The van der Waals surface area contributed by atoms with E-state index in [1.165, 1.54) is 49.9 Å². The molecule has 18 heavy (non-hydrogen) atoms. The fraction of sp³-hybridized carbons (Fsp3) is 0.625. The zero-order chi connectivity index (χ0) is 12.5. The van der Waals surface area contributed by atoms with Crippen LogP contribution in [-0.2, 0) is 6.42 Å². The number of methoxy groups -OCH3 is 1. The van der Waals surface area contributed by atoms with Crippen molar-refractivity contribution in [1.82, 2.24) is 4.90 Å². The minimum absolute atomic E-state index is 0.741. The molecule has 98 valence electrons. The summed E-state index contributed by atoms with van der Waals surface area (Å²) in [6, 6.07) is 6.55. The van der Waals surface area contributed by atoms with Gasteiger partial charge in [0.25, 0.3) is 0 Å². The molecule has 2 nitrogen and oxygen atoms in total. The van der Waals surface area contributed by atoms with Gasteiger partial charge in [0.1, 0.15) is 5.75 Å².